The third-order valence-corrected chi connectivity index (χ3v) is 3.18. The largest absolute Gasteiger partial charge is 0.288 e. The smallest absolute Gasteiger partial charge is 0.267 e. The molecule has 22 heavy (non-hydrogen) atoms. The van der Waals surface area contributed by atoms with E-state index >= 15 is 0 Å². The van der Waals surface area contributed by atoms with Crippen molar-refractivity contribution in [3.05, 3.63) is 74.3 Å². The molecule has 0 unspecified atom stereocenters. The van der Waals surface area contributed by atoms with Crippen LogP contribution in [0, 0.1) is 17.0 Å². The number of hydrogen-bond donors (Lipinski definition) is 1. The Balaban J connectivity index is 2.08. The van der Waals surface area contributed by atoms with Gasteiger partial charge in [0.25, 0.3) is 11.6 Å². The Morgan fingerprint density at radius 2 is 1.95 bits per heavy atom. The van der Waals surface area contributed by atoms with Crippen molar-refractivity contribution in [3.8, 4) is 0 Å². The molecule has 0 heterocycles. The van der Waals surface area contributed by atoms with Gasteiger partial charge in [0.1, 0.15) is 5.02 Å². The SMILES string of the molecule is Cc1ccc(/C=N/NC(=O)c2ccc(Cl)c([N+](=O)[O-])c2)cc1. The molecule has 0 radical (unpaired) electrons. The van der Waals surface area contributed by atoms with Crippen LogP contribution in [0.3, 0.4) is 0 Å². The molecule has 6 nitrogen and oxygen atoms in total. The standard InChI is InChI=1S/C15H12ClN3O3/c1-10-2-4-11(5-3-10)9-17-18-15(20)12-6-7-13(16)14(8-12)19(21)22/h2-9H,1H3,(H,18,20)/b17-9+. The number of aryl methyl sites for hydroxylation is 1. The quantitative estimate of drug-likeness (QED) is 0.533. The normalized spacial score (nSPS) is 10.6. The fraction of sp³-hybridized carbons (Fsp3) is 0.0667. The summed E-state index contributed by atoms with van der Waals surface area (Å²) in [5.74, 6) is -0.553. The van der Waals surface area contributed by atoms with Gasteiger partial charge in [-0.15, -0.1) is 0 Å². The van der Waals surface area contributed by atoms with Crippen LogP contribution in [0.4, 0.5) is 5.69 Å². The molecule has 7 heteroatoms. The van der Waals surface area contributed by atoms with Crippen molar-refractivity contribution in [2.75, 3.05) is 0 Å². The number of hydrazone groups is 1. The Morgan fingerprint density at radius 1 is 1.27 bits per heavy atom. The lowest BCUT2D eigenvalue weighted by Gasteiger charge is -2.01. The summed E-state index contributed by atoms with van der Waals surface area (Å²) in [4.78, 5) is 22.0. The van der Waals surface area contributed by atoms with Crippen LogP contribution in [0.1, 0.15) is 21.5 Å². The number of rotatable bonds is 4. The van der Waals surface area contributed by atoms with Crippen LogP contribution in [-0.4, -0.2) is 17.0 Å². The first-order valence-corrected chi connectivity index (χ1v) is 6.69. The minimum absolute atomic E-state index is 0.0234. The fourth-order valence-electron chi connectivity index (χ4n) is 1.68. The molecule has 2 aromatic carbocycles. The van der Waals surface area contributed by atoms with E-state index in [0.29, 0.717) is 0 Å². The molecule has 0 atom stereocenters. The molecule has 0 saturated heterocycles. The van der Waals surface area contributed by atoms with Crippen LogP contribution in [0.2, 0.25) is 5.02 Å². The molecule has 0 fully saturated rings. The topological polar surface area (TPSA) is 84.6 Å². The predicted octanol–water partition coefficient (Wildman–Crippen LogP) is 3.32. The summed E-state index contributed by atoms with van der Waals surface area (Å²) in [7, 11) is 0. The molecule has 1 amide bonds. The van der Waals surface area contributed by atoms with Gasteiger partial charge in [-0.1, -0.05) is 41.4 Å². The van der Waals surface area contributed by atoms with Gasteiger partial charge in [0, 0.05) is 11.6 Å². The van der Waals surface area contributed by atoms with Crippen LogP contribution >= 0.6 is 11.6 Å². The molecule has 0 aliphatic rings. The molecule has 112 valence electrons. The number of hydrogen-bond acceptors (Lipinski definition) is 4. The fourth-order valence-corrected chi connectivity index (χ4v) is 1.86. The second-order valence-electron chi connectivity index (χ2n) is 4.53. The number of benzene rings is 2. The highest BCUT2D eigenvalue weighted by Gasteiger charge is 2.15. The van der Waals surface area contributed by atoms with Crippen LogP contribution in [0.15, 0.2) is 47.6 Å². The Hall–Kier alpha value is -2.73. The van der Waals surface area contributed by atoms with E-state index in [1.54, 1.807) is 0 Å². The zero-order valence-electron chi connectivity index (χ0n) is 11.6. The van der Waals surface area contributed by atoms with Crippen molar-refractivity contribution >= 4 is 29.4 Å². The first-order chi connectivity index (χ1) is 10.5. The summed E-state index contributed by atoms with van der Waals surface area (Å²) in [6.07, 6.45) is 1.49. The van der Waals surface area contributed by atoms with Crippen LogP contribution in [0.25, 0.3) is 0 Å². The second-order valence-corrected chi connectivity index (χ2v) is 4.94. The first-order valence-electron chi connectivity index (χ1n) is 6.31. The van der Waals surface area contributed by atoms with Gasteiger partial charge in [0.15, 0.2) is 0 Å². The lowest BCUT2D eigenvalue weighted by Crippen LogP contribution is -2.17. The van der Waals surface area contributed by atoms with Gasteiger partial charge < -0.3 is 0 Å². The zero-order valence-corrected chi connectivity index (χ0v) is 12.4. The van der Waals surface area contributed by atoms with Gasteiger partial charge >= 0.3 is 0 Å². The van der Waals surface area contributed by atoms with Crippen molar-refractivity contribution in [3.63, 3.8) is 0 Å². The number of nitro groups is 1. The van der Waals surface area contributed by atoms with Gasteiger partial charge in [-0.05, 0) is 24.6 Å². The monoisotopic (exact) mass is 317 g/mol. The van der Waals surface area contributed by atoms with Crippen LogP contribution < -0.4 is 5.43 Å². The third-order valence-electron chi connectivity index (χ3n) is 2.86. The van der Waals surface area contributed by atoms with E-state index in [9.17, 15) is 14.9 Å². The Bertz CT molecular complexity index is 742. The molecule has 0 aliphatic heterocycles. The van der Waals surface area contributed by atoms with Crippen molar-refractivity contribution in [2.45, 2.75) is 6.92 Å². The van der Waals surface area contributed by atoms with E-state index in [1.165, 1.54) is 18.3 Å². The number of amides is 1. The first kappa shape index (κ1) is 15.7. The number of nitrogens with one attached hydrogen (secondary N) is 1. The second kappa shape index (κ2) is 6.82. The summed E-state index contributed by atoms with van der Waals surface area (Å²) in [6, 6.07) is 11.4. The Kier molecular flexibility index (Phi) is 4.85. The van der Waals surface area contributed by atoms with E-state index in [0.717, 1.165) is 17.2 Å². The molecule has 0 spiro atoms. The number of carbonyl (C=O) groups is 1. The number of halogens is 1. The molecular weight excluding hydrogens is 306 g/mol. The summed E-state index contributed by atoms with van der Waals surface area (Å²) < 4.78 is 0. The number of nitro benzene ring substituents is 1. The van der Waals surface area contributed by atoms with Crippen LogP contribution in [-0.2, 0) is 0 Å². The predicted molar refractivity (Wildman–Crippen MR) is 84.3 cm³/mol. The zero-order chi connectivity index (χ0) is 16.1. The van der Waals surface area contributed by atoms with Crippen molar-refractivity contribution in [2.24, 2.45) is 5.10 Å². The third kappa shape index (κ3) is 3.89. The minimum atomic E-state index is -0.644. The highest BCUT2D eigenvalue weighted by molar-refractivity contribution is 6.32. The summed E-state index contributed by atoms with van der Waals surface area (Å²) in [6.45, 7) is 1.97. The van der Waals surface area contributed by atoms with E-state index < -0.39 is 10.8 Å². The molecule has 2 aromatic rings. The maximum absolute atomic E-state index is 11.9. The highest BCUT2D eigenvalue weighted by atomic mass is 35.5. The van der Waals surface area contributed by atoms with Gasteiger partial charge in [-0.25, -0.2) is 5.43 Å². The molecule has 1 N–H and O–H groups in total. The summed E-state index contributed by atoms with van der Waals surface area (Å²) in [5.41, 5.74) is 4.05. The molecule has 0 aliphatic carbocycles. The number of carbonyl (C=O) groups excluding carboxylic acids is 1. The van der Waals surface area contributed by atoms with Gasteiger partial charge in [-0.2, -0.15) is 5.10 Å². The lowest BCUT2D eigenvalue weighted by molar-refractivity contribution is -0.384. The Morgan fingerprint density at radius 3 is 2.59 bits per heavy atom. The average molecular weight is 318 g/mol. The average Bonchev–Trinajstić information content (AvgIpc) is 2.49. The van der Waals surface area contributed by atoms with E-state index in [-0.39, 0.29) is 16.3 Å². The summed E-state index contributed by atoms with van der Waals surface area (Å²) in [5, 5.41) is 14.6. The van der Waals surface area contributed by atoms with Crippen molar-refractivity contribution < 1.29 is 9.72 Å². The Labute approximate surface area is 131 Å². The van der Waals surface area contributed by atoms with Crippen molar-refractivity contribution in [1.82, 2.24) is 5.43 Å². The minimum Gasteiger partial charge on any atom is -0.267 e. The summed E-state index contributed by atoms with van der Waals surface area (Å²) >= 11 is 5.69. The molecule has 2 rings (SSSR count). The number of nitrogens with zero attached hydrogens (tertiary/aromatic N) is 2. The maximum atomic E-state index is 11.9. The molecule has 0 bridgehead atoms. The molecular formula is C15H12ClN3O3. The van der Waals surface area contributed by atoms with Gasteiger partial charge in [0.05, 0.1) is 11.1 Å². The van der Waals surface area contributed by atoms with E-state index in [1.807, 2.05) is 31.2 Å². The molecule has 0 saturated carbocycles. The highest BCUT2D eigenvalue weighted by Crippen LogP contribution is 2.24. The van der Waals surface area contributed by atoms with Crippen molar-refractivity contribution in [1.29, 1.82) is 0 Å². The van der Waals surface area contributed by atoms with Gasteiger partial charge in [0.2, 0.25) is 0 Å². The maximum Gasteiger partial charge on any atom is 0.288 e. The molecule has 0 aromatic heterocycles. The lowest BCUT2D eigenvalue weighted by atomic mass is 10.2. The van der Waals surface area contributed by atoms with E-state index in [4.69, 9.17) is 11.6 Å². The van der Waals surface area contributed by atoms with Gasteiger partial charge in [-0.3, -0.25) is 14.9 Å². The van der Waals surface area contributed by atoms with E-state index in [2.05, 4.69) is 10.5 Å². The van der Waals surface area contributed by atoms with Crippen LogP contribution in [0.5, 0.6) is 0 Å².